The number of hydrogen-bond acceptors (Lipinski definition) is 4. The van der Waals surface area contributed by atoms with Crippen LogP contribution in [0.2, 0.25) is 0 Å². The first-order chi connectivity index (χ1) is 14.7. The third-order valence-corrected chi connectivity index (χ3v) is 6.18. The van der Waals surface area contributed by atoms with E-state index in [1.807, 2.05) is 6.07 Å². The summed E-state index contributed by atoms with van der Waals surface area (Å²) in [6.07, 6.45) is 4.47. The first kappa shape index (κ1) is 22.8. The molecule has 0 unspecified atom stereocenters. The van der Waals surface area contributed by atoms with Crippen LogP contribution in [0.1, 0.15) is 32.6 Å². The van der Waals surface area contributed by atoms with Crippen molar-refractivity contribution in [2.45, 2.75) is 38.6 Å². The van der Waals surface area contributed by atoms with Crippen molar-refractivity contribution >= 4 is 11.6 Å². The molecule has 0 saturated carbocycles. The fourth-order valence-electron chi connectivity index (χ4n) is 4.30. The van der Waals surface area contributed by atoms with Gasteiger partial charge in [0.15, 0.2) is 5.96 Å². The van der Waals surface area contributed by atoms with E-state index in [1.165, 1.54) is 18.9 Å². The van der Waals surface area contributed by atoms with Gasteiger partial charge < -0.3 is 25.2 Å². The Kier molecular flexibility index (Phi) is 9.21. The van der Waals surface area contributed by atoms with Crippen LogP contribution in [0.3, 0.4) is 0 Å². The molecule has 7 heteroatoms. The minimum Gasteiger partial charge on any atom is -0.383 e. The zero-order valence-corrected chi connectivity index (χ0v) is 18.6. The van der Waals surface area contributed by atoms with Crippen LogP contribution in [-0.4, -0.2) is 76.4 Å². The van der Waals surface area contributed by atoms with Crippen molar-refractivity contribution in [3.63, 3.8) is 0 Å². The maximum absolute atomic E-state index is 13.5. The van der Waals surface area contributed by atoms with Crippen LogP contribution in [0.4, 0.5) is 10.1 Å². The molecule has 0 radical (unpaired) electrons. The number of rotatable bonds is 8. The number of anilines is 1. The fraction of sp³-hybridized carbons (Fsp3) is 0.696. The normalized spacial score (nSPS) is 19.8. The second kappa shape index (κ2) is 12.1. The van der Waals surface area contributed by atoms with Crippen LogP contribution in [0, 0.1) is 11.7 Å². The van der Waals surface area contributed by atoms with Gasteiger partial charge in [-0.1, -0.05) is 6.07 Å². The van der Waals surface area contributed by atoms with Crippen LogP contribution < -0.4 is 15.5 Å². The number of aliphatic imine (C=N–C) groups is 1. The number of methoxy groups -OCH3 is 1. The molecule has 30 heavy (non-hydrogen) atoms. The van der Waals surface area contributed by atoms with Crippen molar-refractivity contribution in [3.05, 3.63) is 30.1 Å². The van der Waals surface area contributed by atoms with Crippen LogP contribution in [0.15, 0.2) is 29.3 Å². The van der Waals surface area contributed by atoms with E-state index in [1.54, 1.807) is 19.2 Å². The van der Waals surface area contributed by atoms with Crippen LogP contribution in [-0.2, 0) is 4.74 Å². The number of piperidine rings is 2. The number of halogens is 1. The lowest BCUT2D eigenvalue weighted by atomic mass is 9.97. The molecule has 6 nitrogen and oxygen atoms in total. The average Bonchev–Trinajstić information content (AvgIpc) is 2.77. The van der Waals surface area contributed by atoms with Crippen LogP contribution >= 0.6 is 0 Å². The van der Waals surface area contributed by atoms with E-state index in [0.29, 0.717) is 12.0 Å². The molecule has 2 aliphatic heterocycles. The molecule has 2 aliphatic rings. The predicted molar refractivity (Wildman–Crippen MR) is 122 cm³/mol. The highest BCUT2D eigenvalue weighted by Gasteiger charge is 2.22. The van der Waals surface area contributed by atoms with Gasteiger partial charge >= 0.3 is 0 Å². The van der Waals surface area contributed by atoms with E-state index in [4.69, 9.17) is 9.73 Å². The second-order valence-electron chi connectivity index (χ2n) is 8.38. The summed E-state index contributed by atoms with van der Waals surface area (Å²) in [7, 11) is 1.77. The van der Waals surface area contributed by atoms with Gasteiger partial charge in [0.1, 0.15) is 5.82 Å². The summed E-state index contributed by atoms with van der Waals surface area (Å²) in [6.45, 7) is 9.86. The largest absolute Gasteiger partial charge is 0.383 e. The Bertz CT molecular complexity index is 655. The van der Waals surface area contributed by atoms with Crippen molar-refractivity contribution < 1.29 is 9.13 Å². The van der Waals surface area contributed by atoms with Gasteiger partial charge in [0.2, 0.25) is 0 Å². The van der Waals surface area contributed by atoms with Crippen molar-refractivity contribution in [2.24, 2.45) is 10.9 Å². The van der Waals surface area contributed by atoms with Crippen molar-refractivity contribution in [1.82, 2.24) is 15.5 Å². The summed E-state index contributed by atoms with van der Waals surface area (Å²) in [6, 6.07) is 7.31. The van der Waals surface area contributed by atoms with Crippen molar-refractivity contribution in [2.75, 3.05) is 64.4 Å². The lowest BCUT2D eigenvalue weighted by molar-refractivity contribution is 0.121. The highest BCUT2D eigenvalue weighted by Crippen LogP contribution is 2.21. The summed E-state index contributed by atoms with van der Waals surface area (Å²) in [5, 5.41) is 7.03. The molecule has 2 fully saturated rings. The number of guanidine groups is 1. The molecule has 0 atom stereocenters. The average molecular weight is 420 g/mol. The SMILES string of the molecule is CCNC(=NCC1CCN(CCOC)CC1)NC1CCN(c2cccc(F)c2)CC1. The van der Waals surface area contributed by atoms with Gasteiger partial charge in [0.05, 0.1) is 6.61 Å². The fourth-order valence-corrected chi connectivity index (χ4v) is 4.30. The third-order valence-electron chi connectivity index (χ3n) is 6.18. The predicted octanol–water partition coefficient (Wildman–Crippen LogP) is 2.71. The second-order valence-corrected chi connectivity index (χ2v) is 8.38. The molecule has 0 bridgehead atoms. The highest BCUT2D eigenvalue weighted by atomic mass is 19.1. The molecule has 0 spiro atoms. The molecule has 1 aromatic rings. The number of ether oxygens (including phenoxy) is 1. The first-order valence-corrected chi connectivity index (χ1v) is 11.4. The molecule has 168 valence electrons. The summed E-state index contributed by atoms with van der Waals surface area (Å²) >= 11 is 0. The topological polar surface area (TPSA) is 52.1 Å². The number of benzene rings is 1. The Morgan fingerprint density at radius 2 is 1.93 bits per heavy atom. The van der Waals surface area contributed by atoms with E-state index >= 15 is 0 Å². The smallest absolute Gasteiger partial charge is 0.191 e. The third kappa shape index (κ3) is 7.13. The zero-order valence-electron chi connectivity index (χ0n) is 18.6. The van der Waals surface area contributed by atoms with Crippen molar-refractivity contribution in [3.8, 4) is 0 Å². The van der Waals surface area contributed by atoms with Crippen molar-refractivity contribution in [1.29, 1.82) is 0 Å². The van der Waals surface area contributed by atoms with Gasteiger partial charge in [-0.25, -0.2) is 4.39 Å². The number of nitrogens with zero attached hydrogens (tertiary/aromatic N) is 3. The molecule has 1 aromatic carbocycles. The van der Waals surface area contributed by atoms with Gasteiger partial charge in [-0.15, -0.1) is 0 Å². The Morgan fingerprint density at radius 3 is 2.60 bits per heavy atom. The minimum atomic E-state index is -0.168. The molecule has 2 heterocycles. The Labute approximate surface area is 180 Å². The van der Waals surface area contributed by atoms with E-state index in [0.717, 1.165) is 76.9 Å². The van der Waals surface area contributed by atoms with E-state index in [-0.39, 0.29) is 5.82 Å². The first-order valence-electron chi connectivity index (χ1n) is 11.4. The molecular weight excluding hydrogens is 381 g/mol. The standard InChI is InChI=1S/C23H38FN5O/c1-3-25-23(26-18-19-7-11-28(12-8-19)15-16-30-2)27-21-9-13-29(14-10-21)22-6-4-5-20(24)17-22/h4-6,17,19,21H,3,7-16,18H2,1-2H3,(H2,25,26,27). The van der Waals surface area contributed by atoms with Gasteiger partial charge in [-0.3, -0.25) is 4.99 Å². The maximum Gasteiger partial charge on any atom is 0.191 e. The lowest BCUT2D eigenvalue weighted by Gasteiger charge is -2.34. The minimum absolute atomic E-state index is 0.168. The van der Waals surface area contributed by atoms with Crippen LogP contribution in [0.25, 0.3) is 0 Å². The highest BCUT2D eigenvalue weighted by molar-refractivity contribution is 5.80. The number of nitrogens with one attached hydrogen (secondary N) is 2. The molecule has 0 aromatic heterocycles. The van der Waals surface area contributed by atoms with E-state index in [2.05, 4.69) is 27.4 Å². The molecule has 0 amide bonds. The quantitative estimate of drug-likeness (QED) is 0.501. The number of hydrogen-bond donors (Lipinski definition) is 2. The van der Waals surface area contributed by atoms with E-state index < -0.39 is 0 Å². The van der Waals surface area contributed by atoms with Gasteiger partial charge in [-0.2, -0.15) is 0 Å². The van der Waals surface area contributed by atoms with Gasteiger partial charge in [0.25, 0.3) is 0 Å². The summed E-state index contributed by atoms with van der Waals surface area (Å²) in [5.41, 5.74) is 0.978. The molecule has 3 rings (SSSR count). The number of likely N-dealkylation sites (tertiary alicyclic amines) is 1. The maximum atomic E-state index is 13.5. The molecular formula is C23H38FN5O. The Hall–Kier alpha value is -1.86. The van der Waals surface area contributed by atoms with Gasteiger partial charge in [-0.05, 0) is 69.8 Å². The zero-order chi connectivity index (χ0) is 21.2. The Balaban J connectivity index is 1.43. The summed E-state index contributed by atoms with van der Waals surface area (Å²) < 4.78 is 18.7. The summed E-state index contributed by atoms with van der Waals surface area (Å²) in [5.74, 6) is 1.43. The monoisotopic (exact) mass is 419 g/mol. The van der Waals surface area contributed by atoms with Crippen LogP contribution in [0.5, 0.6) is 0 Å². The summed E-state index contributed by atoms with van der Waals surface area (Å²) in [4.78, 5) is 9.65. The van der Waals surface area contributed by atoms with E-state index in [9.17, 15) is 4.39 Å². The van der Waals surface area contributed by atoms with Gasteiger partial charge in [0, 0.05) is 51.6 Å². The lowest BCUT2D eigenvalue weighted by Crippen LogP contribution is -2.49. The Morgan fingerprint density at radius 1 is 1.17 bits per heavy atom. The molecule has 2 N–H and O–H groups in total. The molecule has 2 saturated heterocycles. The molecule has 0 aliphatic carbocycles.